The van der Waals surface area contributed by atoms with Gasteiger partial charge in [-0.1, -0.05) is 12.8 Å². The quantitative estimate of drug-likeness (QED) is 0.743. The van der Waals surface area contributed by atoms with E-state index in [1.165, 1.54) is 25.7 Å². The van der Waals surface area contributed by atoms with Crippen LogP contribution in [0.4, 0.5) is 0 Å². The van der Waals surface area contributed by atoms with Crippen molar-refractivity contribution in [2.45, 2.75) is 57.6 Å². The molecule has 3 nitrogen and oxygen atoms in total. The molecule has 90 valence electrons. The Morgan fingerprint density at radius 2 is 2.07 bits per heavy atom. The molecule has 1 rings (SSSR count). The number of likely N-dealkylation sites (tertiary alicyclic amines) is 1. The molecule has 1 heterocycles. The summed E-state index contributed by atoms with van der Waals surface area (Å²) in [6.07, 6.45) is 5.98. The monoisotopic (exact) mass is 214 g/mol. The van der Waals surface area contributed by atoms with E-state index in [4.69, 9.17) is 5.73 Å². The van der Waals surface area contributed by atoms with Gasteiger partial charge in [-0.15, -0.1) is 0 Å². The van der Waals surface area contributed by atoms with Crippen LogP contribution in [0, 0.1) is 0 Å². The molecule has 1 fully saturated rings. The predicted molar refractivity (Wildman–Crippen MR) is 63.8 cm³/mol. The van der Waals surface area contributed by atoms with Crippen LogP contribution in [0.2, 0.25) is 0 Å². The lowest BCUT2D eigenvalue weighted by Crippen LogP contribution is -2.42. The number of aliphatic hydroxyl groups is 1. The first-order chi connectivity index (χ1) is 7.03. The predicted octanol–water partition coefficient (Wildman–Crippen LogP) is 1.35. The molecule has 0 aromatic carbocycles. The van der Waals surface area contributed by atoms with E-state index in [9.17, 15) is 5.11 Å². The van der Waals surface area contributed by atoms with Gasteiger partial charge in [-0.2, -0.15) is 0 Å². The average molecular weight is 214 g/mol. The Bertz CT molecular complexity index is 177. The molecule has 0 radical (unpaired) electrons. The summed E-state index contributed by atoms with van der Waals surface area (Å²) in [6, 6.07) is 0.537. The van der Waals surface area contributed by atoms with Crippen LogP contribution in [-0.2, 0) is 0 Å². The van der Waals surface area contributed by atoms with Gasteiger partial charge in [-0.25, -0.2) is 0 Å². The van der Waals surface area contributed by atoms with Gasteiger partial charge in [0.25, 0.3) is 0 Å². The maximum Gasteiger partial charge on any atom is 0.0603 e. The Morgan fingerprint density at radius 3 is 2.67 bits per heavy atom. The zero-order valence-corrected chi connectivity index (χ0v) is 10.2. The topological polar surface area (TPSA) is 49.5 Å². The maximum absolute atomic E-state index is 9.72. The standard InChI is InChI=1S/C12H26N2O/c1-12(2,15)7-9-14-8-5-3-4-6-11(14)10-13/h11,15H,3-10,13H2,1-2H3. The third kappa shape index (κ3) is 4.96. The van der Waals surface area contributed by atoms with E-state index in [-0.39, 0.29) is 0 Å². The third-order valence-electron chi connectivity index (χ3n) is 3.28. The smallest absolute Gasteiger partial charge is 0.0603 e. The van der Waals surface area contributed by atoms with Crippen molar-refractivity contribution in [2.24, 2.45) is 5.73 Å². The van der Waals surface area contributed by atoms with Gasteiger partial charge >= 0.3 is 0 Å². The summed E-state index contributed by atoms with van der Waals surface area (Å²) in [5, 5.41) is 9.72. The van der Waals surface area contributed by atoms with Gasteiger partial charge in [0.05, 0.1) is 5.60 Å². The SMILES string of the molecule is CC(C)(O)CCN1CCCCCC1CN. The summed E-state index contributed by atoms with van der Waals surface area (Å²) in [7, 11) is 0. The molecule has 0 bridgehead atoms. The maximum atomic E-state index is 9.72. The zero-order chi connectivity index (χ0) is 11.3. The molecule has 0 amide bonds. The van der Waals surface area contributed by atoms with Crippen molar-refractivity contribution in [1.29, 1.82) is 0 Å². The van der Waals surface area contributed by atoms with Gasteiger partial charge in [0.2, 0.25) is 0 Å². The van der Waals surface area contributed by atoms with Crippen molar-refractivity contribution in [1.82, 2.24) is 4.90 Å². The van der Waals surface area contributed by atoms with Gasteiger partial charge in [-0.05, 0) is 39.7 Å². The largest absolute Gasteiger partial charge is 0.390 e. The molecule has 0 aromatic heterocycles. The number of nitrogens with two attached hydrogens (primary N) is 1. The fourth-order valence-corrected chi connectivity index (χ4v) is 2.22. The summed E-state index contributed by atoms with van der Waals surface area (Å²) >= 11 is 0. The molecule has 0 spiro atoms. The van der Waals surface area contributed by atoms with Crippen LogP contribution in [-0.4, -0.2) is 41.3 Å². The number of hydrogen-bond donors (Lipinski definition) is 2. The second-order valence-corrected chi connectivity index (χ2v) is 5.34. The fraction of sp³-hybridized carbons (Fsp3) is 1.00. The first-order valence-corrected chi connectivity index (χ1v) is 6.19. The highest BCUT2D eigenvalue weighted by Gasteiger charge is 2.22. The lowest BCUT2D eigenvalue weighted by molar-refractivity contribution is 0.0517. The molecular weight excluding hydrogens is 188 g/mol. The Balaban J connectivity index is 2.41. The molecule has 3 N–H and O–H groups in total. The van der Waals surface area contributed by atoms with E-state index in [1.54, 1.807) is 0 Å². The Morgan fingerprint density at radius 1 is 1.33 bits per heavy atom. The van der Waals surface area contributed by atoms with Crippen LogP contribution < -0.4 is 5.73 Å². The van der Waals surface area contributed by atoms with E-state index in [1.807, 2.05) is 13.8 Å². The van der Waals surface area contributed by atoms with Gasteiger partial charge < -0.3 is 10.8 Å². The highest BCUT2D eigenvalue weighted by molar-refractivity contribution is 4.78. The Kier molecular flexibility index (Phi) is 5.03. The molecule has 1 aliphatic heterocycles. The Labute approximate surface area is 93.6 Å². The zero-order valence-electron chi connectivity index (χ0n) is 10.2. The van der Waals surface area contributed by atoms with Crippen LogP contribution in [0.25, 0.3) is 0 Å². The summed E-state index contributed by atoms with van der Waals surface area (Å²) < 4.78 is 0. The van der Waals surface area contributed by atoms with E-state index in [2.05, 4.69) is 4.90 Å². The molecule has 0 saturated carbocycles. The normalized spacial score (nSPS) is 25.2. The average Bonchev–Trinajstić information content (AvgIpc) is 2.37. The minimum absolute atomic E-state index is 0.537. The molecule has 15 heavy (non-hydrogen) atoms. The molecule has 0 aliphatic carbocycles. The van der Waals surface area contributed by atoms with Gasteiger partial charge in [0, 0.05) is 19.1 Å². The van der Waals surface area contributed by atoms with Gasteiger partial charge in [0.1, 0.15) is 0 Å². The summed E-state index contributed by atoms with van der Waals surface area (Å²) in [5.41, 5.74) is 5.25. The van der Waals surface area contributed by atoms with Crippen LogP contribution in [0.1, 0.15) is 46.0 Å². The Hall–Kier alpha value is -0.120. The molecule has 3 heteroatoms. The van der Waals surface area contributed by atoms with Crippen LogP contribution >= 0.6 is 0 Å². The van der Waals surface area contributed by atoms with Crippen molar-refractivity contribution in [3.63, 3.8) is 0 Å². The summed E-state index contributed by atoms with van der Waals surface area (Å²) in [6.45, 7) is 6.64. The summed E-state index contributed by atoms with van der Waals surface area (Å²) in [5.74, 6) is 0. The van der Waals surface area contributed by atoms with Crippen molar-refractivity contribution in [3.05, 3.63) is 0 Å². The van der Waals surface area contributed by atoms with E-state index < -0.39 is 5.60 Å². The van der Waals surface area contributed by atoms with E-state index in [0.717, 1.165) is 26.1 Å². The second-order valence-electron chi connectivity index (χ2n) is 5.34. The van der Waals surface area contributed by atoms with Crippen molar-refractivity contribution >= 4 is 0 Å². The van der Waals surface area contributed by atoms with Gasteiger partial charge in [-0.3, -0.25) is 4.90 Å². The molecule has 1 aliphatic rings. The molecule has 0 aromatic rings. The highest BCUT2D eigenvalue weighted by Crippen LogP contribution is 2.18. The van der Waals surface area contributed by atoms with E-state index in [0.29, 0.717) is 6.04 Å². The highest BCUT2D eigenvalue weighted by atomic mass is 16.3. The van der Waals surface area contributed by atoms with Crippen LogP contribution in [0.3, 0.4) is 0 Å². The third-order valence-corrected chi connectivity index (χ3v) is 3.28. The molecule has 1 saturated heterocycles. The second kappa shape index (κ2) is 5.83. The van der Waals surface area contributed by atoms with Crippen molar-refractivity contribution in [2.75, 3.05) is 19.6 Å². The first-order valence-electron chi connectivity index (χ1n) is 6.19. The van der Waals surface area contributed by atoms with Crippen LogP contribution in [0.5, 0.6) is 0 Å². The van der Waals surface area contributed by atoms with Crippen LogP contribution in [0.15, 0.2) is 0 Å². The lowest BCUT2D eigenvalue weighted by atomic mass is 10.0. The summed E-state index contributed by atoms with van der Waals surface area (Å²) in [4.78, 5) is 2.46. The number of rotatable bonds is 4. The molecule has 1 atom stereocenters. The van der Waals surface area contributed by atoms with Crippen molar-refractivity contribution < 1.29 is 5.11 Å². The lowest BCUT2D eigenvalue weighted by Gasteiger charge is -2.31. The van der Waals surface area contributed by atoms with Crippen molar-refractivity contribution in [3.8, 4) is 0 Å². The van der Waals surface area contributed by atoms with Gasteiger partial charge in [0.15, 0.2) is 0 Å². The minimum atomic E-state index is -0.550. The fourth-order valence-electron chi connectivity index (χ4n) is 2.22. The number of nitrogens with zero attached hydrogens (tertiary/aromatic N) is 1. The minimum Gasteiger partial charge on any atom is -0.390 e. The molecule has 1 unspecified atom stereocenters. The first kappa shape index (κ1) is 12.9. The van der Waals surface area contributed by atoms with E-state index >= 15 is 0 Å². The molecular formula is C12H26N2O. The number of hydrogen-bond acceptors (Lipinski definition) is 3.